The third-order valence-electron chi connectivity index (χ3n) is 2.04. The van der Waals surface area contributed by atoms with Gasteiger partial charge in [-0.2, -0.15) is 13.2 Å². The van der Waals surface area contributed by atoms with E-state index in [1.807, 2.05) is 0 Å². The lowest BCUT2D eigenvalue weighted by molar-refractivity contribution is -0.134. The molecule has 0 aliphatic rings. The van der Waals surface area contributed by atoms with E-state index in [1.54, 1.807) is 12.1 Å². The van der Waals surface area contributed by atoms with Gasteiger partial charge in [0.15, 0.2) is 0 Å². The van der Waals surface area contributed by atoms with Crippen molar-refractivity contribution in [2.45, 2.75) is 23.9 Å². The van der Waals surface area contributed by atoms with Crippen LogP contribution in [0.4, 0.5) is 13.2 Å². The Balaban J connectivity index is 2.53. The highest BCUT2D eigenvalue weighted by Crippen LogP contribution is 2.28. The minimum Gasteiger partial charge on any atom is -0.478 e. The van der Waals surface area contributed by atoms with Gasteiger partial charge in [0.2, 0.25) is 0 Å². The Hall–Kier alpha value is -0.690. The number of hydrogen-bond acceptors (Lipinski definition) is 2. The van der Waals surface area contributed by atoms with Crippen LogP contribution in [0.5, 0.6) is 0 Å². The predicted octanol–water partition coefficient (Wildman–Crippen LogP) is 4.58. The van der Waals surface area contributed by atoms with Gasteiger partial charge < -0.3 is 5.11 Å². The monoisotopic (exact) mass is 342 g/mol. The van der Waals surface area contributed by atoms with Gasteiger partial charge in [-0.05, 0) is 46.3 Å². The normalized spacial score (nSPS) is 11.6. The van der Waals surface area contributed by atoms with Gasteiger partial charge in [0, 0.05) is 15.8 Å². The fourth-order valence-electron chi connectivity index (χ4n) is 1.22. The van der Waals surface area contributed by atoms with Crippen LogP contribution in [0.25, 0.3) is 0 Å². The van der Waals surface area contributed by atoms with E-state index in [9.17, 15) is 18.0 Å². The van der Waals surface area contributed by atoms with Gasteiger partial charge in [0.05, 0.1) is 5.56 Å². The largest absolute Gasteiger partial charge is 0.478 e. The Labute approximate surface area is 115 Å². The highest BCUT2D eigenvalue weighted by atomic mass is 79.9. The molecule has 0 atom stereocenters. The summed E-state index contributed by atoms with van der Waals surface area (Å²) >= 11 is 4.32. The molecular formula is C11H10BrF3O2S. The summed E-state index contributed by atoms with van der Waals surface area (Å²) in [6, 6.07) is 4.70. The van der Waals surface area contributed by atoms with Crippen molar-refractivity contribution in [3.05, 3.63) is 28.2 Å². The van der Waals surface area contributed by atoms with E-state index in [1.165, 1.54) is 17.8 Å². The third kappa shape index (κ3) is 5.30. The first-order valence-corrected chi connectivity index (χ1v) is 6.80. The summed E-state index contributed by atoms with van der Waals surface area (Å²) in [5, 5.41) is 8.88. The Morgan fingerprint density at radius 1 is 1.39 bits per heavy atom. The van der Waals surface area contributed by atoms with Crippen LogP contribution >= 0.6 is 27.7 Å². The third-order valence-corrected chi connectivity index (χ3v) is 3.81. The van der Waals surface area contributed by atoms with Crippen LogP contribution in [0, 0.1) is 0 Å². The molecular weight excluding hydrogens is 333 g/mol. The van der Waals surface area contributed by atoms with E-state index in [0.29, 0.717) is 15.1 Å². The molecule has 0 fully saturated rings. The molecule has 18 heavy (non-hydrogen) atoms. The van der Waals surface area contributed by atoms with Crippen molar-refractivity contribution < 1.29 is 23.1 Å². The molecule has 0 aliphatic heterocycles. The number of rotatable bonds is 5. The standard InChI is InChI=1S/C11H10BrF3O2S/c12-9-3-2-7(6-8(9)10(16)17)18-5-1-4-11(13,14)15/h2-3,6H,1,4-5H2,(H,16,17). The molecule has 1 N–H and O–H groups in total. The van der Waals surface area contributed by atoms with E-state index in [2.05, 4.69) is 15.9 Å². The number of benzene rings is 1. The molecule has 0 bridgehead atoms. The van der Waals surface area contributed by atoms with Crippen LogP contribution < -0.4 is 0 Å². The number of aromatic carboxylic acids is 1. The quantitative estimate of drug-likeness (QED) is 0.628. The molecule has 1 rings (SSSR count). The summed E-state index contributed by atoms with van der Waals surface area (Å²) in [4.78, 5) is 11.5. The minimum absolute atomic E-state index is 0.0205. The van der Waals surface area contributed by atoms with E-state index in [0.717, 1.165) is 0 Å². The summed E-state index contributed by atoms with van der Waals surface area (Å²) in [6.45, 7) is 0. The van der Waals surface area contributed by atoms with Crippen LogP contribution in [0.3, 0.4) is 0 Å². The molecule has 100 valence electrons. The first-order chi connectivity index (χ1) is 8.29. The Bertz CT molecular complexity index is 435. The Morgan fingerprint density at radius 3 is 2.61 bits per heavy atom. The first-order valence-electron chi connectivity index (χ1n) is 5.02. The van der Waals surface area contributed by atoms with Gasteiger partial charge in [0.1, 0.15) is 0 Å². The van der Waals surface area contributed by atoms with Crippen LogP contribution in [0.1, 0.15) is 23.2 Å². The topological polar surface area (TPSA) is 37.3 Å². The average molecular weight is 343 g/mol. The fraction of sp³-hybridized carbons (Fsp3) is 0.364. The van der Waals surface area contributed by atoms with Crippen LogP contribution in [0.2, 0.25) is 0 Å². The second-order valence-corrected chi connectivity index (χ2v) is 5.54. The van der Waals surface area contributed by atoms with E-state index < -0.39 is 18.6 Å². The summed E-state index contributed by atoms with van der Waals surface area (Å²) in [5.41, 5.74) is 0.107. The van der Waals surface area contributed by atoms with Crippen LogP contribution in [-0.2, 0) is 0 Å². The fourth-order valence-corrected chi connectivity index (χ4v) is 2.53. The molecule has 2 nitrogen and oxygen atoms in total. The molecule has 0 radical (unpaired) electrons. The van der Waals surface area contributed by atoms with Crippen molar-refractivity contribution in [2.24, 2.45) is 0 Å². The molecule has 0 saturated carbocycles. The minimum atomic E-state index is -4.13. The van der Waals surface area contributed by atoms with E-state index in [-0.39, 0.29) is 12.0 Å². The number of hydrogen-bond donors (Lipinski definition) is 1. The lowest BCUT2D eigenvalue weighted by Crippen LogP contribution is -2.06. The second kappa shape index (κ2) is 6.47. The molecule has 7 heteroatoms. The number of carboxylic acid groups (broad SMARTS) is 1. The van der Waals surface area contributed by atoms with E-state index >= 15 is 0 Å². The number of halogens is 4. The van der Waals surface area contributed by atoms with Crippen LogP contribution in [-0.4, -0.2) is 23.0 Å². The van der Waals surface area contributed by atoms with Crippen molar-refractivity contribution in [3.8, 4) is 0 Å². The highest BCUT2D eigenvalue weighted by Gasteiger charge is 2.25. The molecule has 0 unspecified atom stereocenters. The number of carboxylic acids is 1. The lowest BCUT2D eigenvalue weighted by atomic mass is 10.2. The molecule has 0 aliphatic carbocycles. The van der Waals surface area contributed by atoms with Gasteiger partial charge >= 0.3 is 12.1 Å². The lowest BCUT2D eigenvalue weighted by Gasteiger charge is -2.06. The van der Waals surface area contributed by atoms with Gasteiger partial charge in [-0.3, -0.25) is 0 Å². The zero-order valence-corrected chi connectivity index (χ0v) is 11.5. The van der Waals surface area contributed by atoms with Crippen LogP contribution in [0.15, 0.2) is 27.6 Å². The summed E-state index contributed by atoms with van der Waals surface area (Å²) in [6.07, 6.45) is -4.93. The molecule has 0 spiro atoms. The molecule has 0 saturated heterocycles. The van der Waals surface area contributed by atoms with Crippen molar-refractivity contribution >= 4 is 33.7 Å². The van der Waals surface area contributed by atoms with Gasteiger partial charge in [-0.1, -0.05) is 0 Å². The SMILES string of the molecule is O=C(O)c1cc(SCCCC(F)(F)F)ccc1Br. The van der Waals surface area contributed by atoms with Crippen molar-refractivity contribution in [3.63, 3.8) is 0 Å². The Kier molecular flexibility index (Phi) is 5.52. The van der Waals surface area contributed by atoms with Gasteiger partial charge in [-0.15, -0.1) is 11.8 Å². The smallest absolute Gasteiger partial charge is 0.389 e. The number of alkyl halides is 3. The second-order valence-electron chi connectivity index (χ2n) is 3.51. The summed E-state index contributed by atoms with van der Waals surface area (Å²) < 4.78 is 36.2. The maximum absolute atomic E-state index is 11.9. The van der Waals surface area contributed by atoms with Crippen molar-refractivity contribution in [1.29, 1.82) is 0 Å². The maximum atomic E-state index is 11.9. The zero-order valence-electron chi connectivity index (χ0n) is 9.13. The number of carbonyl (C=O) groups is 1. The maximum Gasteiger partial charge on any atom is 0.389 e. The highest BCUT2D eigenvalue weighted by molar-refractivity contribution is 9.10. The molecule has 1 aromatic rings. The Morgan fingerprint density at radius 2 is 2.06 bits per heavy atom. The van der Waals surface area contributed by atoms with Crippen molar-refractivity contribution in [2.75, 3.05) is 5.75 Å². The van der Waals surface area contributed by atoms with Gasteiger partial charge in [0.25, 0.3) is 0 Å². The van der Waals surface area contributed by atoms with Gasteiger partial charge in [-0.25, -0.2) is 4.79 Å². The number of thioether (sulfide) groups is 1. The van der Waals surface area contributed by atoms with E-state index in [4.69, 9.17) is 5.11 Å². The first kappa shape index (κ1) is 15.4. The summed E-state index contributed by atoms with van der Waals surface area (Å²) in [5.74, 6) is -0.764. The molecule has 0 aromatic heterocycles. The molecule has 0 heterocycles. The molecule has 0 amide bonds. The van der Waals surface area contributed by atoms with Crippen molar-refractivity contribution in [1.82, 2.24) is 0 Å². The average Bonchev–Trinajstić information content (AvgIpc) is 2.24. The zero-order chi connectivity index (χ0) is 13.8. The molecule has 1 aromatic carbocycles. The summed E-state index contributed by atoms with van der Waals surface area (Å²) in [7, 11) is 0. The predicted molar refractivity (Wildman–Crippen MR) is 67.1 cm³/mol.